The number of methoxy groups -OCH3 is 1. The average molecular weight is 336 g/mol. The van der Waals surface area contributed by atoms with Crippen molar-refractivity contribution in [3.05, 3.63) is 59.7 Å². The van der Waals surface area contributed by atoms with Gasteiger partial charge in [0, 0.05) is 18.2 Å². The number of benzene rings is 2. The smallest absolute Gasteiger partial charge is 0.241 e. The van der Waals surface area contributed by atoms with Gasteiger partial charge < -0.3 is 9.64 Å². The molecule has 1 saturated heterocycles. The summed E-state index contributed by atoms with van der Waals surface area (Å²) in [5.74, 6) is 1.08. The van der Waals surface area contributed by atoms with E-state index in [4.69, 9.17) is 4.74 Å². The van der Waals surface area contributed by atoms with Crippen molar-refractivity contribution in [1.82, 2.24) is 4.90 Å². The molecule has 2 aliphatic rings. The summed E-state index contributed by atoms with van der Waals surface area (Å²) >= 11 is 0. The number of rotatable bonds is 3. The monoisotopic (exact) mass is 336 g/mol. The van der Waals surface area contributed by atoms with E-state index in [2.05, 4.69) is 42.2 Å². The molecule has 0 N–H and O–H groups in total. The van der Waals surface area contributed by atoms with E-state index in [1.54, 1.807) is 7.11 Å². The zero-order valence-corrected chi connectivity index (χ0v) is 14.8. The summed E-state index contributed by atoms with van der Waals surface area (Å²) in [7, 11) is 1.70. The number of piperazine rings is 1. The van der Waals surface area contributed by atoms with E-state index < -0.39 is 0 Å². The minimum Gasteiger partial charge on any atom is -0.496 e. The van der Waals surface area contributed by atoms with Gasteiger partial charge in [-0.25, -0.2) is 0 Å². The molecule has 4 rings (SSSR count). The third-order valence-electron chi connectivity index (χ3n) is 5.56. The second-order valence-electron chi connectivity index (χ2n) is 6.93. The Labute approximate surface area is 149 Å². The Morgan fingerprint density at radius 1 is 1.12 bits per heavy atom. The molecule has 0 spiro atoms. The van der Waals surface area contributed by atoms with E-state index in [1.807, 2.05) is 23.1 Å². The predicted octanol–water partition coefficient (Wildman–Crippen LogP) is 3.42. The number of hydrogen-bond acceptors (Lipinski definition) is 3. The topological polar surface area (TPSA) is 32.8 Å². The average Bonchev–Trinajstić information content (AvgIpc) is 2.66. The summed E-state index contributed by atoms with van der Waals surface area (Å²) in [5.41, 5.74) is 3.47. The fourth-order valence-corrected chi connectivity index (χ4v) is 4.19. The molecule has 0 aliphatic carbocycles. The van der Waals surface area contributed by atoms with Gasteiger partial charge >= 0.3 is 0 Å². The summed E-state index contributed by atoms with van der Waals surface area (Å²) < 4.78 is 5.50. The molecule has 4 nitrogen and oxygen atoms in total. The molecule has 130 valence electrons. The van der Waals surface area contributed by atoms with E-state index in [0.29, 0.717) is 6.54 Å². The number of nitrogens with zero attached hydrogens (tertiary/aromatic N) is 2. The summed E-state index contributed by atoms with van der Waals surface area (Å²) in [6.07, 6.45) is 1.94. The second kappa shape index (κ2) is 6.52. The number of ether oxygens (including phenoxy) is 1. The van der Waals surface area contributed by atoms with Crippen molar-refractivity contribution in [2.75, 3.05) is 25.1 Å². The fraction of sp³-hybridized carbons (Fsp3) is 0.381. The van der Waals surface area contributed by atoms with Gasteiger partial charge in [0.05, 0.1) is 25.4 Å². The maximum Gasteiger partial charge on any atom is 0.241 e. The lowest BCUT2D eigenvalue weighted by molar-refractivity contribution is -0.123. The van der Waals surface area contributed by atoms with Crippen LogP contribution in [0, 0.1) is 0 Å². The second-order valence-corrected chi connectivity index (χ2v) is 6.93. The molecule has 25 heavy (non-hydrogen) atoms. The Balaban J connectivity index is 1.60. The molecule has 2 aromatic carbocycles. The minimum absolute atomic E-state index is 0.188. The van der Waals surface area contributed by atoms with Crippen LogP contribution in [0.3, 0.4) is 0 Å². The van der Waals surface area contributed by atoms with Crippen LogP contribution in [-0.4, -0.2) is 37.0 Å². The molecule has 0 aromatic heterocycles. The lowest BCUT2D eigenvalue weighted by atomic mass is 9.92. The van der Waals surface area contributed by atoms with Crippen molar-refractivity contribution in [3.8, 4) is 5.75 Å². The molecule has 2 aromatic rings. The van der Waals surface area contributed by atoms with Gasteiger partial charge in [-0.3, -0.25) is 9.69 Å². The van der Waals surface area contributed by atoms with Crippen LogP contribution >= 0.6 is 0 Å². The first-order chi connectivity index (χ1) is 12.2. The Kier molecular flexibility index (Phi) is 4.22. The maximum absolute atomic E-state index is 13.0. The highest BCUT2D eigenvalue weighted by atomic mass is 16.5. The number of carbonyl (C=O) groups is 1. The zero-order chi connectivity index (χ0) is 17.4. The summed E-state index contributed by atoms with van der Waals surface area (Å²) in [4.78, 5) is 17.3. The third kappa shape index (κ3) is 2.81. The summed E-state index contributed by atoms with van der Waals surface area (Å²) in [6, 6.07) is 16.9. The molecule has 2 aliphatic heterocycles. The van der Waals surface area contributed by atoms with Gasteiger partial charge in [-0.2, -0.15) is 0 Å². The lowest BCUT2D eigenvalue weighted by Crippen LogP contribution is -2.58. The van der Waals surface area contributed by atoms with Crippen LogP contribution in [0.5, 0.6) is 5.75 Å². The van der Waals surface area contributed by atoms with Crippen LogP contribution in [0.4, 0.5) is 5.69 Å². The zero-order valence-electron chi connectivity index (χ0n) is 14.8. The van der Waals surface area contributed by atoms with Crippen molar-refractivity contribution < 1.29 is 9.53 Å². The van der Waals surface area contributed by atoms with E-state index >= 15 is 0 Å². The number of hydrogen-bond donors (Lipinski definition) is 0. The minimum atomic E-state index is 0.188. The fourth-order valence-electron chi connectivity index (χ4n) is 4.19. The Hall–Kier alpha value is -2.33. The van der Waals surface area contributed by atoms with E-state index in [0.717, 1.165) is 30.8 Å². The largest absolute Gasteiger partial charge is 0.496 e. The molecule has 0 unspecified atom stereocenters. The van der Waals surface area contributed by atoms with E-state index in [1.165, 1.54) is 11.1 Å². The molecule has 0 bridgehead atoms. The van der Waals surface area contributed by atoms with Crippen molar-refractivity contribution in [2.45, 2.75) is 31.8 Å². The Morgan fingerprint density at radius 3 is 2.68 bits per heavy atom. The maximum atomic E-state index is 13.0. The van der Waals surface area contributed by atoms with Gasteiger partial charge in [0.25, 0.3) is 0 Å². The molecule has 4 heteroatoms. The lowest BCUT2D eigenvalue weighted by Gasteiger charge is -2.46. The molecule has 0 saturated carbocycles. The quantitative estimate of drug-likeness (QED) is 0.861. The summed E-state index contributed by atoms with van der Waals surface area (Å²) in [6.45, 7) is 3.57. The van der Waals surface area contributed by atoms with Crippen LogP contribution in [0.2, 0.25) is 0 Å². The molecule has 1 fully saturated rings. The van der Waals surface area contributed by atoms with Gasteiger partial charge in [0.2, 0.25) is 5.91 Å². The van der Waals surface area contributed by atoms with Gasteiger partial charge in [-0.05, 0) is 37.5 Å². The number of carbonyl (C=O) groups excluding carboxylic acids is 1. The van der Waals surface area contributed by atoms with E-state index in [-0.39, 0.29) is 18.0 Å². The molecular weight excluding hydrogens is 312 g/mol. The van der Waals surface area contributed by atoms with Crippen molar-refractivity contribution in [1.29, 1.82) is 0 Å². The van der Waals surface area contributed by atoms with Crippen molar-refractivity contribution in [2.24, 2.45) is 0 Å². The highest BCUT2D eigenvalue weighted by Gasteiger charge is 2.39. The van der Waals surface area contributed by atoms with Crippen LogP contribution in [0.15, 0.2) is 48.5 Å². The van der Waals surface area contributed by atoms with Crippen LogP contribution in [-0.2, 0) is 11.2 Å². The predicted molar refractivity (Wildman–Crippen MR) is 99.0 cm³/mol. The van der Waals surface area contributed by atoms with Gasteiger partial charge in [-0.1, -0.05) is 36.4 Å². The first-order valence-electron chi connectivity index (χ1n) is 8.96. The van der Waals surface area contributed by atoms with Crippen molar-refractivity contribution >= 4 is 11.6 Å². The third-order valence-corrected chi connectivity index (χ3v) is 5.56. The van der Waals surface area contributed by atoms with Crippen LogP contribution in [0.1, 0.15) is 30.5 Å². The number of anilines is 1. The number of amides is 1. The standard InChI is InChI=1S/C21H24N2O2/c1-15(16-7-4-3-5-8-16)22-13-17-11-12-18-19(23(17)21(24)14-22)9-6-10-20(18)25-2/h3-10,15,17H,11-14H2,1-2H3/t15-,17-/m0/s1. The highest BCUT2D eigenvalue weighted by Crippen LogP contribution is 2.39. The van der Waals surface area contributed by atoms with Gasteiger partial charge in [0.15, 0.2) is 0 Å². The SMILES string of the molecule is COc1cccc2c1CC[C@H]1CN([C@@H](C)c3ccccc3)CC(=O)N21. The Morgan fingerprint density at radius 2 is 1.92 bits per heavy atom. The first kappa shape index (κ1) is 16.2. The molecule has 1 amide bonds. The molecule has 0 radical (unpaired) electrons. The van der Waals surface area contributed by atoms with Crippen LogP contribution in [0.25, 0.3) is 0 Å². The Bertz CT molecular complexity index is 775. The van der Waals surface area contributed by atoms with E-state index in [9.17, 15) is 4.79 Å². The van der Waals surface area contributed by atoms with Crippen LogP contribution < -0.4 is 9.64 Å². The first-order valence-corrected chi connectivity index (χ1v) is 8.96. The van der Waals surface area contributed by atoms with Gasteiger partial charge in [0.1, 0.15) is 5.75 Å². The van der Waals surface area contributed by atoms with Gasteiger partial charge in [-0.15, -0.1) is 0 Å². The number of fused-ring (bicyclic) bond motifs is 3. The normalized spacial score (nSPS) is 21.4. The molecule has 2 atom stereocenters. The molecular formula is C21H24N2O2. The summed E-state index contributed by atoms with van der Waals surface area (Å²) in [5, 5.41) is 0. The van der Waals surface area contributed by atoms with Crippen molar-refractivity contribution in [3.63, 3.8) is 0 Å². The highest BCUT2D eigenvalue weighted by molar-refractivity contribution is 5.97. The molecule has 2 heterocycles.